The van der Waals surface area contributed by atoms with E-state index in [0.29, 0.717) is 12.2 Å². The summed E-state index contributed by atoms with van der Waals surface area (Å²) >= 11 is 1.74. The van der Waals surface area contributed by atoms with Gasteiger partial charge in [0, 0.05) is 18.1 Å². The average molecular weight is 435 g/mol. The molecule has 2 aromatic carbocycles. The van der Waals surface area contributed by atoms with Gasteiger partial charge in [-0.15, -0.1) is 0 Å². The molecular formula is C22H30N2O3S2. The summed E-state index contributed by atoms with van der Waals surface area (Å²) in [5, 5.41) is 2.87. The van der Waals surface area contributed by atoms with Crippen LogP contribution in [-0.4, -0.2) is 38.9 Å². The maximum absolute atomic E-state index is 12.7. The Morgan fingerprint density at radius 3 is 2.45 bits per heavy atom. The Hall–Kier alpha value is -1.99. The summed E-state index contributed by atoms with van der Waals surface area (Å²) in [6.07, 6.45) is 1.14. The van der Waals surface area contributed by atoms with Gasteiger partial charge in [-0.2, -0.15) is 11.8 Å². The number of sulfonamides is 1. The van der Waals surface area contributed by atoms with Crippen LogP contribution in [0.25, 0.3) is 0 Å². The number of thioether (sulfide) groups is 1. The molecule has 0 aliphatic rings. The van der Waals surface area contributed by atoms with Crippen LogP contribution in [0.4, 0.5) is 5.69 Å². The van der Waals surface area contributed by atoms with Crippen LogP contribution < -0.4 is 9.62 Å². The van der Waals surface area contributed by atoms with Gasteiger partial charge in [0.25, 0.3) is 0 Å². The molecule has 0 spiro atoms. The number of anilines is 1. The summed E-state index contributed by atoms with van der Waals surface area (Å²) in [5.74, 6) is 1.35. The van der Waals surface area contributed by atoms with E-state index in [-0.39, 0.29) is 5.91 Å². The minimum atomic E-state index is -3.61. The number of amides is 1. The van der Waals surface area contributed by atoms with Crippen molar-refractivity contribution in [2.75, 3.05) is 22.9 Å². The molecule has 0 heterocycles. The first-order chi connectivity index (χ1) is 13.6. The minimum Gasteiger partial charge on any atom is -0.353 e. The normalized spacial score (nSPS) is 12.4. The fourth-order valence-corrected chi connectivity index (χ4v) is 5.24. The Labute approximate surface area is 178 Å². The van der Waals surface area contributed by atoms with Crippen LogP contribution in [0.1, 0.15) is 29.2 Å². The number of benzene rings is 2. The zero-order valence-electron chi connectivity index (χ0n) is 17.7. The number of carbonyl (C=O) groups excluding carboxylic acids is 1. The van der Waals surface area contributed by atoms with Crippen molar-refractivity contribution >= 4 is 33.4 Å². The van der Waals surface area contributed by atoms with Crippen LogP contribution in [-0.2, 0) is 20.6 Å². The average Bonchev–Trinajstić information content (AvgIpc) is 2.64. The zero-order chi connectivity index (χ0) is 21.6. The third kappa shape index (κ3) is 6.51. The molecule has 0 radical (unpaired) electrons. The Balaban J connectivity index is 1.97. The quantitative estimate of drug-likeness (QED) is 0.610. The molecule has 0 aliphatic heterocycles. The van der Waals surface area contributed by atoms with Gasteiger partial charge in [-0.05, 0) is 56.0 Å². The summed E-state index contributed by atoms with van der Waals surface area (Å²) in [5.41, 5.74) is 4.85. The van der Waals surface area contributed by atoms with Gasteiger partial charge >= 0.3 is 0 Å². The number of nitrogens with zero attached hydrogens (tertiary/aromatic N) is 1. The molecular weight excluding hydrogens is 404 g/mol. The van der Waals surface area contributed by atoms with Gasteiger partial charge in [0.15, 0.2) is 0 Å². The Morgan fingerprint density at radius 2 is 1.79 bits per heavy atom. The molecule has 158 valence electrons. The van der Waals surface area contributed by atoms with E-state index in [9.17, 15) is 13.2 Å². The molecule has 0 aliphatic carbocycles. The topological polar surface area (TPSA) is 66.5 Å². The fraction of sp³-hybridized carbons (Fsp3) is 0.409. The van der Waals surface area contributed by atoms with Gasteiger partial charge in [0.1, 0.15) is 6.04 Å². The molecule has 1 N–H and O–H groups in total. The minimum absolute atomic E-state index is 0.298. The van der Waals surface area contributed by atoms with Crippen molar-refractivity contribution in [1.82, 2.24) is 5.32 Å². The van der Waals surface area contributed by atoms with E-state index in [1.165, 1.54) is 15.4 Å². The molecule has 2 aromatic rings. The second kappa shape index (κ2) is 10.2. The second-order valence-electron chi connectivity index (χ2n) is 7.29. The van der Waals surface area contributed by atoms with E-state index in [1.54, 1.807) is 24.8 Å². The molecule has 29 heavy (non-hydrogen) atoms. The first kappa shape index (κ1) is 23.3. The molecule has 1 amide bonds. The molecule has 5 nitrogen and oxygen atoms in total. The lowest BCUT2D eigenvalue weighted by Crippen LogP contribution is -2.48. The first-order valence-corrected chi connectivity index (χ1v) is 12.6. The number of carbonyl (C=O) groups is 1. The van der Waals surface area contributed by atoms with Crippen LogP contribution in [0, 0.1) is 20.8 Å². The van der Waals surface area contributed by atoms with Gasteiger partial charge in [0.05, 0.1) is 11.9 Å². The van der Waals surface area contributed by atoms with Crippen molar-refractivity contribution in [2.45, 2.75) is 39.5 Å². The third-order valence-electron chi connectivity index (χ3n) is 4.76. The SMILES string of the molecule is Cc1ccc(C)c(N([C@@H](C)C(=O)NCCSCc2ccccc2C)S(C)(=O)=O)c1. The standard InChI is InChI=1S/C22H30N2O3S2/c1-16-10-11-18(3)21(14-16)24(29(5,26)27)19(4)22(25)23-12-13-28-15-20-9-7-6-8-17(20)2/h6-11,14,19H,12-13,15H2,1-5H3,(H,23,25)/t19-/m0/s1. The summed E-state index contributed by atoms with van der Waals surface area (Å²) in [6, 6.07) is 13.0. The lowest BCUT2D eigenvalue weighted by Gasteiger charge is -2.29. The fourth-order valence-electron chi connectivity index (χ4n) is 3.09. The zero-order valence-corrected chi connectivity index (χ0v) is 19.4. The van der Waals surface area contributed by atoms with Crippen LogP contribution in [0.2, 0.25) is 0 Å². The molecule has 0 saturated heterocycles. The Morgan fingerprint density at radius 1 is 1.10 bits per heavy atom. The van der Waals surface area contributed by atoms with Crippen molar-refractivity contribution in [2.24, 2.45) is 0 Å². The van der Waals surface area contributed by atoms with E-state index in [4.69, 9.17) is 0 Å². The third-order valence-corrected chi connectivity index (χ3v) is 6.99. The van der Waals surface area contributed by atoms with Crippen molar-refractivity contribution in [3.63, 3.8) is 0 Å². The van der Waals surface area contributed by atoms with Gasteiger partial charge in [-0.3, -0.25) is 9.10 Å². The number of hydrogen-bond acceptors (Lipinski definition) is 4. The smallest absolute Gasteiger partial charge is 0.243 e. The highest BCUT2D eigenvalue weighted by molar-refractivity contribution is 7.98. The number of rotatable bonds is 9. The molecule has 2 rings (SSSR count). The van der Waals surface area contributed by atoms with Crippen molar-refractivity contribution in [3.8, 4) is 0 Å². The van der Waals surface area contributed by atoms with E-state index >= 15 is 0 Å². The highest BCUT2D eigenvalue weighted by Gasteiger charge is 2.30. The molecule has 0 saturated carbocycles. The van der Waals surface area contributed by atoms with Crippen molar-refractivity contribution in [3.05, 3.63) is 64.7 Å². The maximum atomic E-state index is 12.7. The first-order valence-electron chi connectivity index (χ1n) is 9.58. The van der Waals surface area contributed by atoms with Crippen LogP contribution in [0.5, 0.6) is 0 Å². The summed E-state index contributed by atoms with van der Waals surface area (Å²) in [7, 11) is -3.61. The number of hydrogen-bond donors (Lipinski definition) is 1. The van der Waals surface area contributed by atoms with Gasteiger partial charge in [-0.1, -0.05) is 36.4 Å². The number of nitrogens with one attached hydrogen (secondary N) is 1. The predicted octanol–water partition coefficient (Wildman–Crippen LogP) is 3.82. The van der Waals surface area contributed by atoms with Gasteiger partial charge in [-0.25, -0.2) is 8.42 Å². The molecule has 7 heteroatoms. The maximum Gasteiger partial charge on any atom is 0.243 e. The highest BCUT2D eigenvalue weighted by Crippen LogP contribution is 2.26. The lowest BCUT2D eigenvalue weighted by atomic mass is 10.1. The number of aryl methyl sites for hydroxylation is 3. The predicted molar refractivity (Wildman–Crippen MR) is 123 cm³/mol. The lowest BCUT2D eigenvalue weighted by molar-refractivity contribution is -0.121. The van der Waals surface area contributed by atoms with Gasteiger partial charge < -0.3 is 5.32 Å². The summed E-state index contributed by atoms with van der Waals surface area (Å²) in [6.45, 7) is 7.95. The monoisotopic (exact) mass is 434 g/mol. The Bertz CT molecular complexity index is 958. The van der Waals surface area contributed by atoms with Crippen LogP contribution in [0.3, 0.4) is 0 Å². The van der Waals surface area contributed by atoms with E-state index in [1.807, 2.05) is 38.1 Å². The molecule has 0 unspecified atom stereocenters. The van der Waals surface area contributed by atoms with E-state index in [2.05, 4.69) is 24.4 Å². The molecule has 0 aromatic heterocycles. The molecule has 1 atom stereocenters. The highest BCUT2D eigenvalue weighted by atomic mass is 32.2. The van der Waals surface area contributed by atoms with Crippen LogP contribution in [0.15, 0.2) is 42.5 Å². The summed E-state index contributed by atoms with van der Waals surface area (Å²) < 4.78 is 26.1. The van der Waals surface area contributed by atoms with Crippen molar-refractivity contribution in [1.29, 1.82) is 0 Å². The largest absolute Gasteiger partial charge is 0.353 e. The van der Waals surface area contributed by atoms with Crippen LogP contribution >= 0.6 is 11.8 Å². The second-order valence-corrected chi connectivity index (χ2v) is 10.3. The Kier molecular flexibility index (Phi) is 8.16. The van der Waals surface area contributed by atoms with Crippen molar-refractivity contribution < 1.29 is 13.2 Å². The van der Waals surface area contributed by atoms with Gasteiger partial charge in [0.2, 0.25) is 15.9 Å². The van der Waals surface area contributed by atoms with E-state index in [0.717, 1.165) is 28.9 Å². The molecule has 0 fully saturated rings. The van der Waals surface area contributed by atoms with E-state index < -0.39 is 16.1 Å². The summed E-state index contributed by atoms with van der Waals surface area (Å²) in [4.78, 5) is 12.7. The molecule has 0 bridgehead atoms.